The molecule has 3 aromatic carbocycles. The standard InChI is InChI=1S/C24H20ClN3O3S/c1-14-3-5-16(6-4-14)22-13-20(19-11-12-21(25)15(2)23(19)28-22)24(29)27-17-7-9-18(10-8-17)32(26,30)31/h3-13H,1-2H3,(H,27,29)(H2,26,30,31). The molecule has 1 aromatic heterocycles. The molecular weight excluding hydrogens is 446 g/mol. The van der Waals surface area contributed by atoms with E-state index in [2.05, 4.69) is 5.32 Å². The van der Waals surface area contributed by atoms with Crippen LogP contribution in [0.1, 0.15) is 21.5 Å². The molecule has 0 spiro atoms. The van der Waals surface area contributed by atoms with E-state index in [0.717, 1.165) is 16.7 Å². The van der Waals surface area contributed by atoms with Gasteiger partial charge in [0.1, 0.15) is 0 Å². The highest BCUT2D eigenvalue weighted by atomic mass is 35.5. The molecule has 6 nitrogen and oxygen atoms in total. The van der Waals surface area contributed by atoms with Crippen LogP contribution in [0.15, 0.2) is 71.6 Å². The first-order valence-electron chi connectivity index (χ1n) is 9.74. The molecule has 0 radical (unpaired) electrons. The van der Waals surface area contributed by atoms with Crippen LogP contribution in [-0.4, -0.2) is 19.3 Å². The Kier molecular flexibility index (Phi) is 5.73. The zero-order valence-corrected chi connectivity index (χ0v) is 19.0. The SMILES string of the molecule is Cc1ccc(-c2cc(C(=O)Nc3ccc(S(N)(=O)=O)cc3)c3ccc(Cl)c(C)c3n2)cc1. The van der Waals surface area contributed by atoms with Gasteiger partial charge in [0.2, 0.25) is 10.0 Å². The summed E-state index contributed by atoms with van der Waals surface area (Å²) in [5.41, 5.74) is 4.95. The quantitative estimate of drug-likeness (QED) is 0.439. The van der Waals surface area contributed by atoms with Crippen LogP contribution in [0, 0.1) is 13.8 Å². The second-order valence-corrected chi connectivity index (χ2v) is 9.48. The molecule has 0 aliphatic rings. The van der Waals surface area contributed by atoms with E-state index in [9.17, 15) is 13.2 Å². The fourth-order valence-corrected chi connectivity index (χ4v) is 4.06. The minimum atomic E-state index is -3.81. The second kappa shape index (κ2) is 8.35. The van der Waals surface area contributed by atoms with E-state index in [-0.39, 0.29) is 10.8 Å². The van der Waals surface area contributed by atoms with Crippen molar-refractivity contribution >= 4 is 44.1 Å². The van der Waals surface area contributed by atoms with Crippen molar-refractivity contribution in [2.45, 2.75) is 18.7 Å². The summed E-state index contributed by atoms with van der Waals surface area (Å²) in [6, 6.07) is 18.8. The van der Waals surface area contributed by atoms with Crippen LogP contribution in [0.4, 0.5) is 5.69 Å². The van der Waals surface area contributed by atoms with Crippen molar-refractivity contribution in [3.05, 3.63) is 88.4 Å². The van der Waals surface area contributed by atoms with Crippen molar-refractivity contribution in [1.82, 2.24) is 4.98 Å². The predicted octanol–water partition coefficient (Wildman–Crippen LogP) is 5.07. The maximum atomic E-state index is 13.2. The number of amides is 1. The van der Waals surface area contributed by atoms with Gasteiger partial charge in [-0.15, -0.1) is 0 Å². The molecule has 0 atom stereocenters. The number of carbonyl (C=O) groups excluding carboxylic acids is 1. The Bertz CT molecular complexity index is 1450. The van der Waals surface area contributed by atoms with Crippen molar-refractivity contribution in [3.8, 4) is 11.3 Å². The number of nitrogens with zero attached hydrogens (tertiary/aromatic N) is 1. The molecule has 0 aliphatic carbocycles. The van der Waals surface area contributed by atoms with Crippen LogP contribution < -0.4 is 10.5 Å². The van der Waals surface area contributed by atoms with Crippen LogP contribution in [0.2, 0.25) is 5.02 Å². The van der Waals surface area contributed by atoms with Gasteiger partial charge in [-0.05, 0) is 55.8 Å². The summed E-state index contributed by atoms with van der Waals surface area (Å²) in [7, 11) is -3.81. The lowest BCUT2D eigenvalue weighted by Crippen LogP contribution is -2.14. The van der Waals surface area contributed by atoms with Crippen LogP contribution in [0.3, 0.4) is 0 Å². The van der Waals surface area contributed by atoms with Crippen LogP contribution in [0.5, 0.6) is 0 Å². The summed E-state index contributed by atoms with van der Waals surface area (Å²) in [6.07, 6.45) is 0. The maximum Gasteiger partial charge on any atom is 0.256 e. The van der Waals surface area contributed by atoms with Crippen molar-refractivity contribution in [2.75, 3.05) is 5.32 Å². The Morgan fingerprint density at radius 1 is 0.969 bits per heavy atom. The van der Waals surface area contributed by atoms with Crippen LogP contribution in [0.25, 0.3) is 22.2 Å². The Morgan fingerprint density at radius 3 is 2.25 bits per heavy atom. The van der Waals surface area contributed by atoms with Crippen LogP contribution >= 0.6 is 11.6 Å². The van der Waals surface area contributed by atoms with E-state index in [1.54, 1.807) is 18.2 Å². The zero-order chi connectivity index (χ0) is 23.0. The molecular formula is C24H20ClN3O3S. The lowest BCUT2D eigenvalue weighted by molar-refractivity contribution is 0.102. The van der Waals surface area contributed by atoms with Gasteiger partial charge in [0, 0.05) is 21.7 Å². The minimum Gasteiger partial charge on any atom is -0.322 e. The van der Waals surface area contributed by atoms with Crippen molar-refractivity contribution < 1.29 is 13.2 Å². The highest BCUT2D eigenvalue weighted by molar-refractivity contribution is 7.89. The predicted molar refractivity (Wildman–Crippen MR) is 127 cm³/mol. The van der Waals surface area contributed by atoms with Crippen molar-refractivity contribution in [2.24, 2.45) is 5.14 Å². The molecule has 0 unspecified atom stereocenters. The number of primary sulfonamides is 1. The normalized spacial score (nSPS) is 11.5. The van der Waals surface area contributed by atoms with Gasteiger partial charge < -0.3 is 5.32 Å². The number of aryl methyl sites for hydroxylation is 2. The fourth-order valence-electron chi connectivity index (χ4n) is 3.39. The van der Waals surface area contributed by atoms with E-state index < -0.39 is 10.0 Å². The highest BCUT2D eigenvalue weighted by Crippen LogP contribution is 2.31. The number of nitrogens with one attached hydrogen (secondary N) is 1. The first-order valence-corrected chi connectivity index (χ1v) is 11.7. The lowest BCUT2D eigenvalue weighted by atomic mass is 10.0. The number of hydrogen-bond donors (Lipinski definition) is 2. The molecule has 0 saturated heterocycles. The van der Waals surface area contributed by atoms with Crippen molar-refractivity contribution in [3.63, 3.8) is 0 Å². The molecule has 4 rings (SSSR count). The number of aromatic nitrogens is 1. The van der Waals surface area contributed by atoms with Gasteiger partial charge in [0.25, 0.3) is 5.91 Å². The Balaban J connectivity index is 1.80. The average Bonchev–Trinajstić information content (AvgIpc) is 2.76. The van der Waals surface area contributed by atoms with Gasteiger partial charge in [-0.25, -0.2) is 18.5 Å². The summed E-state index contributed by atoms with van der Waals surface area (Å²) < 4.78 is 22.9. The topological polar surface area (TPSA) is 102 Å². The third-order valence-corrected chi connectivity index (χ3v) is 6.54. The third-order valence-electron chi connectivity index (χ3n) is 5.20. The van der Waals surface area contributed by atoms with Gasteiger partial charge in [-0.3, -0.25) is 4.79 Å². The number of sulfonamides is 1. The van der Waals surface area contributed by atoms with Gasteiger partial charge in [-0.1, -0.05) is 47.5 Å². The molecule has 4 aromatic rings. The molecule has 32 heavy (non-hydrogen) atoms. The Labute approximate surface area is 191 Å². The van der Waals surface area contributed by atoms with Gasteiger partial charge in [-0.2, -0.15) is 0 Å². The molecule has 1 amide bonds. The number of nitrogens with two attached hydrogens (primary N) is 1. The number of halogens is 1. The monoisotopic (exact) mass is 465 g/mol. The van der Waals surface area contributed by atoms with E-state index in [4.69, 9.17) is 21.7 Å². The summed E-state index contributed by atoms with van der Waals surface area (Å²) in [5, 5.41) is 9.19. The molecule has 162 valence electrons. The molecule has 0 bridgehead atoms. The zero-order valence-electron chi connectivity index (χ0n) is 17.4. The molecule has 0 fully saturated rings. The number of benzene rings is 3. The summed E-state index contributed by atoms with van der Waals surface area (Å²) in [4.78, 5) is 18.0. The first-order chi connectivity index (χ1) is 15.1. The lowest BCUT2D eigenvalue weighted by Gasteiger charge is -2.13. The number of hydrogen-bond acceptors (Lipinski definition) is 4. The molecule has 0 saturated carbocycles. The number of anilines is 1. The maximum absolute atomic E-state index is 13.2. The van der Waals surface area contributed by atoms with Gasteiger partial charge in [0.15, 0.2) is 0 Å². The smallest absolute Gasteiger partial charge is 0.256 e. The van der Waals surface area contributed by atoms with E-state index in [1.165, 1.54) is 24.3 Å². The third kappa shape index (κ3) is 4.36. The number of carbonyl (C=O) groups is 1. The van der Waals surface area contributed by atoms with Crippen molar-refractivity contribution in [1.29, 1.82) is 0 Å². The molecule has 0 aliphatic heterocycles. The molecule has 8 heteroatoms. The molecule has 1 heterocycles. The summed E-state index contributed by atoms with van der Waals surface area (Å²) in [6.45, 7) is 3.87. The molecule has 3 N–H and O–H groups in total. The second-order valence-electron chi connectivity index (χ2n) is 7.51. The Morgan fingerprint density at radius 2 is 1.62 bits per heavy atom. The Hall–Kier alpha value is -3.26. The van der Waals surface area contributed by atoms with E-state index in [1.807, 2.05) is 38.1 Å². The first kappa shape index (κ1) is 22.0. The van der Waals surface area contributed by atoms with Gasteiger partial charge >= 0.3 is 0 Å². The number of pyridine rings is 1. The highest BCUT2D eigenvalue weighted by Gasteiger charge is 2.17. The summed E-state index contributed by atoms with van der Waals surface area (Å²) in [5.74, 6) is -0.351. The van der Waals surface area contributed by atoms with Crippen LogP contribution in [-0.2, 0) is 10.0 Å². The van der Waals surface area contributed by atoms with E-state index >= 15 is 0 Å². The fraction of sp³-hybridized carbons (Fsp3) is 0.0833. The number of rotatable bonds is 4. The number of fused-ring (bicyclic) bond motifs is 1. The van der Waals surface area contributed by atoms with E-state index in [0.29, 0.717) is 32.9 Å². The van der Waals surface area contributed by atoms with Gasteiger partial charge in [0.05, 0.1) is 21.7 Å². The summed E-state index contributed by atoms with van der Waals surface area (Å²) >= 11 is 6.32. The minimum absolute atomic E-state index is 0.0308. The average molecular weight is 466 g/mol. The largest absolute Gasteiger partial charge is 0.322 e.